The third kappa shape index (κ3) is 2.82. The number of nitrogens with zero attached hydrogens (tertiary/aromatic N) is 2. The smallest absolute Gasteiger partial charge is 0.411 e. The van der Waals surface area contributed by atoms with Crippen LogP contribution in [0.3, 0.4) is 0 Å². The molecule has 0 saturated heterocycles. The molecule has 3 rings (SSSR count). The summed E-state index contributed by atoms with van der Waals surface area (Å²) in [5.41, 5.74) is 1.70. The molecule has 0 saturated carbocycles. The lowest BCUT2D eigenvalue weighted by molar-refractivity contribution is -0.384. The number of rotatable bonds is 3. The fraction of sp³-hybridized carbons (Fsp3) is 0.0667. The number of benzene rings is 2. The van der Waals surface area contributed by atoms with Crippen molar-refractivity contribution in [3.8, 4) is 11.5 Å². The van der Waals surface area contributed by atoms with Crippen LogP contribution < -0.4 is 5.32 Å². The topological polar surface area (TPSA) is 108 Å². The third-order valence-electron chi connectivity index (χ3n) is 3.16. The predicted octanol–water partition coefficient (Wildman–Crippen LogP) is 3.58. The molecule has 0 aliphatic rings. The van der Waals surface area contributed by atoms with Gasteiger partial charge in [-0.15, -0.1) is 0 Å². The minimum atomic E-state index is -0.621. The number of oxazole rings is 1. The van der Waals surface area contributed by atoms with Gasteiger partial charge in [-0.1, -0.05) is 12.1 Å². The number of anilines is 1. The van der Waals surface area contributed by atoms with Crippen molar-refractivity contribution < 1.29 is 18.9 Å². The number of nitro groups is 1. The molecule has 0 atom stereocenters. The van der Waals surface area contributed by atoms with Crippen molar-refractivity contribution in [1.82, 2.24) is 4.98 Å². The number of nitrogens with one attached hydrogen (secondary N) is 1. The van der Waals surface area contributed by atoms with Crippen molar-refractivity contribution in [3.05, 3.63) is 52.6 Å². The Bertz CT molecular complexity index is 903. The summed E-state index contributed by atoms with van der Waals surface area (Å²) in [4.78, 5) is 26.0. The molecule has 23 heavy (non-hydrogen) atoms. The summed E-state index contributed by atoms with van der Waals surface area (Å²) in [7, 11) is 1.26. The minimum Gasteiger partial charge on any atom is -0.453 e. The molecule has 0 unspecified atom stereocenters. The van der Waals surface area contributed by atoms with Crippen LogP contribution in [0.4, 0.5) is 16.2 Å². The zero-order valence-electron chi connectivity index (χ0n) is 12.0. The van der Waals surface area contributed by atoms with E-state index in [1.54, 1.807) is 24.3 Å². The molecule has 0 aliphatic carbocycles. The molecule has 8 heteroatoms. The SMILES string of the molecule is COC(=O)Nc1ccccc1-c1nc2cc([N+](=O)[O-])ccc2o1. The maximum Gasteiger partial charge on any atom is 0.411 e. The normalized spacial score (nSPS) is 10.5. The molecule has 0 radical (unpaired) electrons. The number of para-hydroxylation sites is 1. The van der Waals surface area contributed by atoms with Crippen LogP contribution in [0, 0.1) is 10.1 Å². The number of carbonyl (C=O) groups excluding carboxylic acids is 1. The van der Waals surface area contributed by atoms with Crippen molar-refractivity contribution in [2.45, 2.75) is 0 Å². The number of aromatic nitrogens is 1. The maximum absolute atomic E-state index is 11.4. The Morgan fingerprint density at radius 3 is 2.83 bits per heavy atom. The molecule has 0 spiro atoms. The van der Waals surface area contributed by atoms with Gasteiger partial charge in [0.15, 0.2) is 5.58 Å². The molecule has 1 N–H and O–H groups in total. The number of nitro benzene ring substituents is 1. The van der Waals surface area contributed by atoms with E-state index in [9.17, 15) is 14.9 Å². The second-order valence-corrected chi connectivity index (χ2v) is 4.59. The first-order valence-corrected chi connectivity index (χ1v) is 6.58. The van der Waals surface area contributed by atoms with Crippen molar-refractivity contribution in [3.63, 3.8) is 0 Å². The van der Waals surface area contributed by atoms with Crippen LogP contribution in [0.5, 0.6) is 0 Å². The number of carbonyl (C=O) groups is 1. The molecular formula is C15H11N3O5. The van der Waals surface area contributed by atoms with Crippen molar-refractivity contribution in [2.24, 2.45) is 0 Å². The molecular weight excluding hydrogens is 302 g/mol. The van der Waals surface area contributed by atoms with E-state index in [4.69, 9.17) is 4.42 Å². The van der Waals surface area contributed by atoms with E-state index in [-0.39, 0.29) is 11.6 Å². The Hall–Kier alpha value is -3.42. The van der Waals surface area contributed by atoms with Crippen LogP contribution in [0.25, 0.3) is 22.6 Å². The molecule has 0 bridgehead atoms. The van der Waals surface area contributed by atoms with Crippen molar-refractivity contribution in [1.29, 1.82) is 0 Å². The highest BCUT2D eigenvalue weighted by molar-refractivity contribution is 5.91. The quantitative estimate of drug-likeness (QED) is 0.585. The van der Waals surface area contributed by atoms with Gasteiger partial charge >= 0.3 is 6.09 Å². The van der Waals surface area contributed by atoms with Gasteiger partial charge in [-0.25, -0.2) is 9.78 Å². The van der Waals surface area contributed by atoms with Gasteiger partial charge in [-0.05, 0) is 18.2 Å². The lowest BCUT2D eigenvalue weighted by Crippen LogP contribution is -2.11. The lowest BCUT2D eigenvalue weighted by Gasteiger charge is -2.07. The minimum absolute atomic E-state index is 0.0710. The number of hydrogen-bond donors (Lipinski definition) is 1. The molecule has 0 fully saturated rings. The number of hydrogen-bond acceptors (Lipinski definition) is 6. The standard InChI is InChI=1S/C15H11N3O5/c1-22-15(19)17-11-5-3-2-4-10(11)14-16-12-8-9(18(20)21)6-7-13(12)23-14/h2-8H,1H3,(H,17,19). The Morgan fingerprint density at radius 1 is 1.30 bits per heavy atom. The Balaban J connectivity index is 2.06. The number of methoxy groups -OCH3 is 1. The van der Waals surface area contributed by atoms with E-state index >= 15 is 0 Å². The highest BCUT2D eigenvalue weighted by Gasteiger charge is 2.16. The number of ether oxygens (including phenoxy) is 1. The summed E-state index contributed by atoms with van der Waals surface area (Å²) in [6.45, 7) is 0. The van der Waals surface area contributed by atoms with Crippen LogP contribution in [-0.4, -0.2) is 23.1 Å². The van der Waals surface area contributed by atoms with Gasteiger partial charge in [-0.3, -0.25) is 15.4 Å². The summed E-state index contributed by atoms with van der Waals surface area (Å²) in [5, 5.41) is 13.4. The Kier molecular flexibility index (Phi) is 3.63. The maximum atomic E-state index is 11.4. The largest absolute Gasteiger partial charge is 0.453 e. The fourth-order valence-corrected chi connectivity index (χ4v) is 2.08. The lowest BCUT2D eigenvalue weighted by atomic mass is 10.2. The molecule has 116 valence electrons. The van der Waals surface area contributed by atoms with Gasteiger partial charge in [-0.2, -0.15) is 0 Å². The van der Waals surface area contributed by atoms with Crippen LogP contribution in [0.15, 0.2) is 46.9 Å². The van der Waals surface area contributed by atoms with E-state index in [1.807, 2.05) is 0 Å². The Labute approximate surface area is 129 Å². The second kappa shape index (κ2) is 5.76. The number of amides is 1. The van der Waals surface area contributed by atoms with E-state index in [1.165, 1.54) is 25.3 Å². The zero-order chi connectivity index (χ0) is 16.4. The monoisotopic (exact) mass is 313 g/mol. The van der Waals surface area contributed by atoms with Crippen LogP contribution >= 0.6 is 0 Å². The van der Waals surface area contributed by atoms with Crippen molar-refractivity contribution >= 4 is 28.6 Å². The first kappa shape index (κ1) is 14.5. The molecule has 1 amide bonds. The summed E-state index contributed by atoms with van der Waals surface area (Å²) in [6.07, 6.45) is -0.621. The highest BCUT2D eigenvalue weighted by atomic mass is 16.6. The van der Waals surface area contributed by atoms with Crippen LogP contribution in [0.2, 0.25) is 0 Å². The summed E-state index contributed by atoms with van der Waals surface area (Å²) in [5.74, 6) is 0.243. The number of fused-ring (bicyclic) bond motifs is 1. The average molecular weight is 313 g/mol. The van der Waals surface area contributed by atoms with E-state index in [2.05, 4.69) is 15.0 Å². The van der Waals surface area contributed by atoms with Crippen LogP contribution in [-0.2, 0) is 4.74 Å². The highest BCUT2D eigenvalue weighted by Crippen LogP contribution is 2.31. The molecule has 1 aromatic heterocycles. The summed E-state index contributed by atoms with van der Waals surface area (Å²) in [6, 6.07) is 11.0. The molecule has 2 aromatic carbocycles. The van der Waals surface area contributed by atoms with E-state index in [0.29, 0.717) is 22.4 Å². The molecule has 8 nitrogen and oxygen atoms in total. The van der Waals surface area contributed by atoms with Gasteiger partial charge in [0.05, 0.1) is 23.3 Å². The average Bonchev–Trinajstić information content (AvgIpc) is 2.98. The molecule has 0 aliphatic heterocycles. The van der Waals surface area contributed by atoms with Gasteiger partial charge < -0.3 is 9.15 Å². The van der Waals surface area contributed by atoms with E-state index in [0.717, 1.165) is 0 Å². The van der Waals surface area contributed by atoms with Gasteiger partial charge in [0.1, 0.15) is 5.52 Å². The third-order valence-corrected chi connectivity index (χ3v) is 3.16. The van der Waals surface area contributed by atoms with Crippen LogP contribution in [0.1, 0.15) is 0 Å². The van der Waals surface area contributed by atoms with E-state index < -0.39 is 11.0 Å². The number of non-ortho nitro benzene ring substituents is 1. The van der Waals surface area contributed by atoms with Gasteiger partial charge in [0.2, 0.25) is 5.89 Å². The first-order valence-electron chi connectivity index (χ1n) is 6.58. The van der Waals surface area contributed by atoms with Crippen molar-refractivity contribution in [2.75, 3.05) is 12.4 Å². The fourth-order valence-electron chi connectivity index (χ4n) is 2.08. The van der Waals surface area contributed by atoms with Gasteiger partial charge in [0.25, 0.3) is 5.69 Å². The Morgan fingerprint density at radius 2 is 2.09 bits per heavy atom. The van der Waals surface area contributed by atoms with Gasteiger partial charge in [0, 0.05) is 12.1 Å². The summed E-state index contributed by atoms with van der Waals surface area (Å²) >= 11 is 0. The summed E-state index contributed by atoms with van der Waals surface area (Å²) < 4.78 is 10.2. The molecule has 1 heterocycles. The second-order valence-electron chi connectivity index (χ2n) is 4.59. The predicted molar refractivity (Wildman–Crippen MR) is 82.1 cm³/mol. The zero-order valence-corrected chi connectivity index (χ0v) is 12.0. The first-order chi connectivity index (χ1) is 11.1. The molecule has 3 aromatic rings.